The third-order valence-electron chi connectivity index (χ3n) is 4.11. The maximum atomic E-state index is 12.8. The van der Waals surface area contributed by atoms with E-state index in [2.05, 4.69) is 0 Å². The highest BCUT2D eigenvalue weighted by Crippen LogP contribution is 2.28. The summed E-state index contributed by atoms with van der Waals surface area (Å²) in [6, 6.07) is 16.0. The van der Waals surface area contributed by atoms with Gasteiger partial charge < -0.3 is 14.3 Å². The SMILES string of the molecule is COc1ccc2cc(C(=O)c3coc4ccc(O)cc34)ccc2c1. The van der Waals surface area contributed by atoms with E-state index in [1.807, 2.05) is 30.3 Å². The molecule has 0 aliphatic heterocycles. The van der Waals surface area contributed by atoms with Gasteiger partial charge in [-0.2, -0.15) is 0 Å². The monoisotopic (exact) mass is 318 g/mol. The van der Waals surface area contributed by atoms with Gasteiger partial charge in [-0.05, 0) is 47.2 Å². The van der Waals surface area contributed by atoms with Crippen LogP contribution < -0.4 is 4.74 Å². The standard InChI is InChI=1S/C20H14O4/c1-23-16-6-4-12-8-14(3-2-13(12)9-16)20(22)18-11-24-19-7-5-15(21)10-17(18)19/h2-11,21H,1H3. The fourth-order valence-corrected chi connectivity index (χ4v) is 2.84. The van der Waals surface area contributed by atoms with Gasteiger partial charge >= 0.3 is 0 Å². The molecule has 1 heterocycles. The summed E-state index contributed by atoms with van der Waals surface area (Å²) in [5.41, 5.74) is 1.58. The van der Waals surface area contributed by atoms with Gasteiger partial charge in [0.15, 0.2) is 5.78 Å². The Morgan fingerprint density at radius 3 is 2.62 bits per heavy atom. The highest BCUT2D eigenvalue weighted by molar-refractivity contribution is 6.17. The van der Waals surface area contributed by atoms with Gasteiger partial charge in [0.05, 0.1) is 12.7 Å². The van der Waals surface area contributed by atoms with Gasteiger partial charge in [-0.25, -0.2) is 0 Å². The zero-order valence-electron chi connectivity index (χ0n) is 12.9. The molecule has 0 radical (unpaired) electrons. The summed E-state index contributed by atoms with van der Waals surface area (Å²) >= 11 is 0. The lowest BCUT2D eigenvalue weighted by molar-refractivity contribution is 0.103. The maximum Gasteiger partial charge on any atom is 0.196 e. The Labute approximate surface area is 137 Å². The Kier molecular flexibility index (Phi) is 3.24. The molecule has 0 bridgehead atoms. The zero-order valence-corrected chi connectivity index (χ0v) is 12.9. The predicted octanol–water partition coefficient (Wildman–Crippen LogP) is 4.53. The molecule has 0 amide bonds. The van der Waals surface area contributed by atoms with E-state index in [9.17, 15) is 9.90 Å². The molecule has 4 heteroatoms. The van der Waals surface area contributed by atoms with E-state index in [4.69, 9.17) is 9.15 Å². The van der Waals surface area contributed by atoms with Crippen molar-refractivity contribution in [1.82, 2.24) is 0 Å². The Balaban J connectivity index is 1.80. The average molecular weight is 318 g/mol. The lowest BCUT2D eigenvalue weighted by Gasteiger charge is -2.05. The van der Waals surface area contributed by atoms with Gasteiger partial charge in [0, 0.05) is 10.9 Å². The molecule has 0 aliphatic rings. The highest BCUT2D eigenvalue weighted by Gasteiger charge is 2.16. The number of carbonyl (C=O) groups is 1. The second-order valence-corrected chi connectivity index (χ2v) is 5.59. The number of carbonyl (C=O) groups excluding carboxylic acids is 1. The molecule has 0 fully saturated rings. The van der Waals surface area contributed by atoms with Crippen molar-refractivity contribution in [2.75, 3.05) is 7.11 Å². The van der Waals surface area contributed by atoms with Gasteiger partial charge in [0.25, 0.3) is 0 Å². The Morgan fingerprint density at radius 2 is 1.79 bits per heavy atom. The molecule has 0 saturated heterocycles. The van der Waals surface area contributed by atoms with Crippen LogP contribution in [0.3, 0.4) is 0 Å². The van der Waals surface area contributed by atoms with Crippen LogP contribution in [-0.2, 0) is 0 Å². The van der Waals surface area contributed by atoms with Crippen molar-refractivity contribution in [3.05, 3.63) is 72.0 Å². The summed E-state index contributed by atoms with van der Waals surface area (Å²) < 4.78 is 10.6. The van der Waals surface area contributed by atoms with Crippen LogP contribution in [0.5, 0.6) is 11.5 Å². The van der Waals surface area contributed by atoms with Gasteiger partial charge in [0.2, 0.25) is 0 Å². The number of fused-ring (bicyclic) bond motifs is 2. The predicted molar refractivity (Wildman–Crippen MR) is 91.8 cm³/mol. The molecule has 118 valence electrons. The van der Waals surface area contributed by atoms with Crippen LogP contribution in [0.15, 0.2) is 65.3 Å². The number of benzene rings is 3. The normalized spacial score (nSPS) is 11.0. The van der Waals surface area contributed by atoms with Crippen molar-refractivity contribution in [2.24, 2.45) is 0 Å². The van der Waals surface area contributed by atoms with Crippen molar-refractivity contribution in [3.8, 4) is 11.5 Å². The molecule has 4 rings (SSSR count). The number of furan rings is 1. The zero-order chi connectivity index (χ0) is 16.7. The van der Waals surface area contributed by atoms with Crippen molar-refractivity contribution >= 4 is 27.5 Å². The average Bonchev–Trinajstić information content (AvgIpc) is 3.03. The Morgan fingerprint density at radius 1 is 1.00 bits per heavy atom. The van der Waals surface area contributed by atoms with E-state index in [1.54, 1.807) is 19.2 Å². The molecule has 0 unspecified atom stereocenters. The van der Waals surface area contributed by atoms with Crippen molar-refractivity contribution in [1.29, 1.82) is 0 Å². The largest absolute Gasteiger partial charge is 0.508 e. The number of hydrogen-bond donors (Lipinski definition) is 1. The number of hydrogen-bond acceptors (Lipinski definition) is 4. The molecule has 4 aromatic rings. The van der Waals surface area contributed by atoms with Crippen LogP contribution >= 0.6 is 0 Å². The molecule has 0 aliphatic carbocycles. The third kappa shape index (κ3) is 2.29. The van der Waals surface area contributed by atoms with Gasteiger partial charge in [0.1, 0.15) is 23.3 Å². The second-order valence-electron chi connectivity index (χ2n) is 5.59. The van der Waals surface area contributed by atoms with Crippen LogP contribution in [-0.4, -0.2) is 18.0 Å². The van der Waals surface area contributed by atoms with Crippen LogP contribution in [0.2, 0.25) is 0 Å². The Bertz CT molecular complexity index is 1080. The molecule has 1 N–H and O–H groups in total. The van der Waals surface area contributed by atoms with Crippen molar-refractivity contribution < 1.29 is 19.1 Å². The molecule has 24 heavy (non-hydrogen) atoms. The second kappa shape index (κ2) is 5.42. The number of phenolic OH excluding ortho intramolecular Hbond substituents is 1. The molecule has 0 spiro atoms. The van der Waals surface area contributed by atoms with Gasteiger partial charge in [-0.3, -0.25) is 4.79 Å². The van der Waals surface area contributed by atoms with E-state index in [0.717, 1.165) is 16.5 Å². The molecule has 0 atom stereocenters. The van der Waals surface area contributed by atoms with Crippen LogP contribution in [0, 0.1) is 0 Å². The minimum Gasteiger partial charge on any atom is -0.508 e. The smallest absolute Gasteiger partial charge is 0.196 e. The van der Waals surface area contributed by atoms with E-state index < -0.39 is 0 Å². The summed E-state index contributed by atoms with van der Waals surface area (Å²) in [4.78, 5) is 12.8. The van der Waals surface area contributed by atoms with Crippen molar-refractivity contribution in [2.45, 2.75) is 0 Å². The van der Waals surface area contributed by atoms with Gasteiger partial charge in [-0.15, -0.1) is 0 Å². The summed E-state index contributed by atoms with van der Waals surface area (Å²) in [6.07, 6.45) is 1.44. The summed E-state index contributed by atoms with van der Waals surface area (Å²) in [7, 11) is 1.62. The van der Waals surface area contributed by atoms with Crippen LogP contribution in [0.25, 0.3) is 21.7 Å². The first kappa shape index (κ1) is 14.3. The van der Waals surface area contributed by atoms with Crippen molar-refractivity contribution in [3.63, 3.8) is 0 Å². The lowest BCUT2D eigenvalue weighted by atomic mass is 9.99. The molecule has 1 aromatic heterocycles. The fraction of sp³-hybridized carbons (Fsp3) is 0.0500. The Hall–Kier alpha value is -3.27. The van der Waals surface area contributed by atoms with E-state index in [1.165, 1.54) is 18.4 Å². The quantitative estimate of drug-likeness (QED) is 0.564. The molecule has 3 aromatic carbocycles. The minimum absolute atomic E-state index is 0.101. The fourth-order valence-electron chi connectivity index (χ4n) is 2.84. The number of phenols is 1. The molecule has 4 nitrogen and oxygen atoms in total. The van der Waals surface area contributed by atoms with Gasteiger partial charge in [-0.1, -0.05) is 18.2 Å². The first-order valence-electron chi connectivity index (χ1n) is 7.48. The molecular weight excluding hydrogens is 304 g/mol. The van der Waals surface area contributed by atoms with Crippen LogP contribution in [0.4, 0.5) is 0 Å². The van der Waals surface area contributed by atoms with Crippen LogP contribution in [0.1, 0.15) is 15.9 Å². The number of methoxy groups -OCH3 is 1. The number of ketones is 1. The van der Waals surface area contributed by atoms with E-state index >= 15 is 0 Å². The summed E-state index contributed by atoms with van der Waals surface area (Å²) in [5.74, 6) is 0.735. The minimum atomic E-state index is -0.142. The third-order valence-corrected chi connectivity index (χ3v) is 4.11. The lowest BCUT2D eigenvalue weighted by Crippen LogP contribution is -2.00. The number of aromatic hydroxyl groups is 1. The summed E-state index contributed by atoms with van der Waals surface area (Å²) in [6.45, 7) is 0. The first-order valence-corrected chi connectivity index (χ1v) is 7.48. The van der Waals surface area contributed by atoms with E-state index in [0.29, 0.717) is 22.1 Å². The topological polar surface area (TPSA) is 59.7 Å². The number of rotatable bonds is 3. The molecular formula is C20H14O4. The number of ether oxygens (including phenoxy) is 1. The highest BCUT2D eigenvalue weighted by atomic mass is 16.5. The first-order chi connectivity index (χ1) is 11.7. The maximum absolute atomic E-state index is 12.8. The van der Waals surface area contributed by atoms with E-state index in [-0.39, 0.29) is 11.5 Å². The molecule has 0 saturated carbocycles. The summed E-state index contributed by atoms with van der Waals surface area (Å²) in [5, 5.41) is 12.2.